The Hall–Kier alpha value is -7.68. The van der Waals surface area contributed by atoms with Gasteiger partial charge in [-0.3, -0.25) is 0 Å². The first kappa shape index (κ1) is 32.6. The van der Waals surface area contributed by atoms with Gasteiger partial charge in [-0.1, -0.05) is 170 Å². The van der Waals surface area contributed by atoms with E-state index in [1.165, 1.54) is 82.3 Å². The van der Waals surface area contributed by atoms with E-state index >= 15 is 0 Å². The van der Waals surface area contributed by atoms with Crippen LogP contribution >= 0.6 is 0 Å². The monoisotopic (exact) mass is 736 g/mol. The molecule has 0 fully saturated rings. The zero-order chi connectivity index (χ0) is 38.2. The van der Waals surface area contributed by atoms with Crippen molar-refractivity contribution >= 4 is 60.4 Å². The molecule has 11 aromatic rings. The largest absolute Gasteiger partial charge is 0.310 e. The fraction of sp³-hybridized carbons (Fsp3) is 0. The molecule has 1 aromatic heterocycles. The molecule has 0 spiro atoms. The number of para-hydroxylation sites is 3. The first-order chi connectivity index (χ1) is 28.8. The van der Waals surface area contributed by atoms with Crippen molar-refractivity contribution in [2.45, 2.75) is 0 Å². The Morgan fingerprint density at radius 3 is 1.78 bits per heavy atom. The fourth-order valence-corrected chi connectivity index (χ4v) is 9.59. The normalized spacial score (nSPS) is 11.8. The number of hydrogen-bond acceptors (Lipinski definition) is 1. The van der Waals surface area contributed by atoms with Crippen molar-refractivity contribution in [2.75, 3.05) is 4.90 Å². The third kappa shape index (κ3) is 4.92. The summed E-state index contributed by atoms with van der Waals surface area (Å²) in [6.07, 6.45) is 0. The van der Waals surface area contributed by atoms with E-state index in [4.69, 9.17) is 0 Å². The molecule has 0 bridgehead atoms. The lowest BCUT2D eigenvalue weighted by Gasteiger charge is -2.29. The van der Waals surface area contributed by atoms with Crippen molar-refractivity contribution in [2.24, 2.45) is 0 Å². The maximum Gasteiger partial charge on any atom is 0.0562 e. The summed E-state index contributed by atoms with van der Waals surface area (Å²) in [5, 5.41) is 7.63. The van der Waals surface area contributed by atoms with Gasteiger partial charge in [-0.15, -0.1) is 0 Å². The average molecular weight is 737 g/mol. The minimum absolute atomic E-state index is 1.09. The van der Waals surface area contributed by atoms with E-state index in [2.05, 4.69) is 228 Å². The van der Waals surface area contributed by atoms with Crippen molar-refractivity contribution in [3.05, 3.63) is 218 Å². The highest BCUT2D eigenvalue weighted by Gasteiger charge is 2.27. The molecule has 270 valence electrons. The van der Waals surface area contributed by atoms with Crippen LogP contribution in [0.1, 0.15) is 0 Å². The van der Waals surface area contributed by atoms with Crippen LogP contribution in [0.25, 0.3) is 93.5 Å². The zero-order valence-corrected chi connectivity index (χ0v) is 31.7. The van der Waals surface area contributed by atoms with Crippen LogP contribution in [-0.4, -0.2) is 4.57 Å². The third-order valence-electron chi connectivity index (χ3n) is 12.1. The highest BCUT2D eigenvalue weighted by molar-refractivity contribution is 6.24. The van der Waals surface area contributed by atoms with Gasteiger partial charge in [0.05, 0.1) is 22.4 Å². The predicted molar refractivity (Wildman–Crippen MR) is 246 cm³/mol. The van der Waals surface area contributed by atoms with Gasteiger partial charge >= 0.3 is 0 Å². The van der Waals surface area contributed by atoms with Crippen molar-refractivity contribution in [1.82, 2.24) is 4.57 Å². The molecule has 10 aromatic carbocycles. The molecule has 2 heteroatoms. The summed E-state index contributed by atoms with van der Waals surface area (Å²) in [5.41, 5.74) is 16.8. The van der Waals surface area contributed by atoms with E-state index in [0.29, 0.717) is 0 Å². The molecule has 0 aliphatic heterocycles. The summed E-state index contributed by atoms with van der Waals surface area (Å²) in [6.45, 7) is 0. The molecule has 0 amide bonds. The van der Waals surface area contributed by atoms with Crippen molar-refractivity contribution in [3.8, 4) is 50.2 Å². The first-order valence-corrected chi connectivity index (χ1v) is 20.0. The number of nitrogens with zero attached hydrogens (tertiary/aromatic N) is 2. The molecule has 1 aliphatic rings. The smallest absolute Gasteiger partial charge is 0.0562 e. The molecule has 0 saturated heterocycles. The summed E-state index contributed by atoms with van der Waals surface area (Å²) in [4.78, 5) is 2.47. The van der Waals surface area contributed by atoms with Gasteiger partial charge in [-0.2, -0.15) is 0 Å². The van der Waals surface area contributed by atoms with Crippen LogP contribution in [0.3, 0.4) is 0 Å². The molecule has 0 atom stereocenters. The average Bonchev–Trinajstić information content (AvgIpc) is 3.80. The standard InChI is InChI=1S/C56H36N2/c1-3-16-37(17-4-1)43-22-9-12-27-51(43)57(41-30-32-46-49-26-15-21-40-34-39-20-7-8-24-45(39)56(55(40)49)50(46)35-41)42-31-33-48-47-25-11-14-29-53(47)58(54(48)36-42)52-28-13-10-23-44(52)38-18-5-2-6-19-38/h1-36H. The van der Waals surface area contributed by atoms with Gasteiger partial charge in [-0.05, 0) is 103 Å². The minimum atomic E-state index is 1.09. The highest BCUT2D eigenvalue weighted by Crippen LogP contribution is 2.53. The van der Waals surface area contributed by atoms with Gasteiger partial charge in [0.15, 0.2) is 0 Å². The van der Waals surface area contributed by atoms with E-state index in [0.717, 1.165) is 28.3 Å². The zero-order valence-electron chi connectivity index (χ0n) is 31.7. The molecule has 0 saturated carbocycles. The van der Waals surface area contributed by atoms with Gasteiger partial charge in [0.25, 0.3) is 0 Å². The third-order valence-corrected chi connectivity index (χ3v) is 12.1. The number of anilines is 3. The van der Waals surface area contributed by atoms with Crippen LogP contribution in [-0.2, 0) is 0 Å². The molecule has 0 N–H and O–H groups in total. The number of fused-ring (bicyclic) bond motifs is 8. The van der Waals surface area contributed by atoms with E-state index < -0.39 is 0 Å². The predicted octanol–water partition coefficient (Wildman–Crippen LogP) is 15.5. The summed E-state index contributed by atoms with van der Waals surface area (Å²) < 4.78 is 2.46. The first-order valence-electron chi connectivity index (χ1n) is 20.0. The Morgan fingerprint density at radius 1 is 0.328 bits per heavy atom. The minimum Gasteiger partial charge on any atom is -0.310 e. The number of hydrogen-bond donors (Lipinski definition) is 0. The molecule has 0 unspecified atom stereocenters. The van der Waals surface area contributed by atoms with E-state index in [9.17, 15) is 0 Å². The second kappa shape index (κ2) is 12.9. The lowest BCUT2D eigenvalue weighted by molar-refractivity contribution is 1.18. The van der Waals surface area contributed by atoms with Crippen molar-refractivity contribution in [3.63, 3.8) is 0 Å². The Morgan fingerprint density at radius 2 is 0.931 bits per heavy atom. The maximum absolute atomic E-state index is 2.47. The van der Waals surface area contributed by atoms with Crippen LogP contribution in [0.2, 0.25) is 0 Å². The molecule has 12 rings (SSSR count). The van der Waals surface area contributed by atoms with Gasteiger partial charge in [0.2, 0.25) is 0 Å². The Labute approximate surface area is 337 Å². The van der Waals surface area contributed by atoms with E-state index in [1.807, 2.05) is 0 Å². The van der Waals surface area contributed by atoms with Crippen LogP contribution in [0.4, 0.5) is 17.1 Å². The van der Waals surface area contributed by atoms with Crippen molar-refractivity contribution < 1.29 is 0 Å². The van der Waals surface area contributed by atoms with E-state index in [1.54, 1.807) is 0 Å². The number of benzene rings is 10. The lowest BCUT2D eigenvalue weighted by Crippen LogP contribution is -2.11. The molecule has 58 heavy (non-hydrogen) atoms. The number of rotatable bonds is 6. The molecule has 2 nitrogen and oxygen atoms in total. The quantitative estimate of drug-likeness (QED) is 0.154. The van der Waals surface area contributed by atoms with Crippen LogP contribution in [0.15, 0.2) is 218 Å². The Bertz CT molecular complexity index is 3390. The fourth-order valence-electron chi connectivity index (χ4n) is 9.59. The topological polar surface area (TPSA) is 8.17 Å². The van der Waals surface area contributed by atoms with Crippen LogP contribution in [0, 0.1) is 0 Å². The Balaban J connectivity index is 1.14. The highest BCUT2D eigenvalue weighted by atomic mass is 15.1. The van der Waals surface area contributed by atoms with Gasteiger partial charge in [0, 0.05) is 33.3 Å². The summed E-state index contributed by atoms with van der Waals surface area (Å²) in [7, 11) is 0. The number of aromatic nitrogens is 1. The molecule has 0 radical (unpaired) electrons. The summed E-state index contributed by atoms with van der Waals surface area (Å²) >= 11 is 0. The van der Waals surface area contributed by atoms with E-state index in [-0.39, 0.29) is 0 Å². The summed E-state index contributed by atoms with van der Waals surface area (Å²) in [6, 6.07) is 80.0. The van der Waals surface area contributed by atoms with Gasteiger partial charge in [-0.25, -0.2) is 0 Å². The SMILES string of the molecule is c1ccc(-c2ccccc2N(c2ccc3c(c2)-c2c4ccccc4cc4cccc-3c24)c2ccc3c4ccccc4n(-c4ccccc4-c4ccccc4)c3c2)cc1. The van der Waals surface area contributed by atoms with Gasteiger partial charge < -0.3 is 9.47 Å². The molecule has 1 aliphatic carbocycles. The molecule has 1 heterocycles. The second-order valence-corrected chi connectivity index (χ2v) is 15.3. The van der Waals surface area contributed by atoms with Crippen molar-refractivity contribution in [1.29, 1.82) is 0 Å². The van der Waals surface area contributed by atoms with Crippen LogP contribution in [0.5, 0.6) is 0 Å². The van der Waals surface area contributed by atoms with Gasteiger partial charge in [0.1, 0.15) is 0 Å². The summed E-state index contributed by atoms with van der Waals surface area (Å²) in [5.74, 6) is 0. The van der Waals surface area contributed by atoms with Crippen LogP contribution < -0.4 is 4.90 Å². The molecular formula is C56H36N2. The lowest BCUT2D eigenvalue weighted by atomic mass is 9.95. The Kier molecular flexibility index (Phi) is 7.26. The second-order valence-electron chi connectivity index (χ2n) is 15.3. The maximum atomic E-state index is 2.47. The molecular weight excluding hydrogens is 701 g/mol.